The summed E-state index contributed by atoms with van der Waals surface area (Å²) in [7, 11) is 0. The van der Waals surface area contributed by atoms with Crippen LogP contribution in [0, 0.1) is 5.41 Å². The van der Waals surface area contributed by atoms with Gasteiger partial charge in [0.2, 0.25) is 5.89 Å². The summed E-state index contributed by atoms with van der Waals surface area (Å²) in [5, 5.41) is 4.00. The van der Waals surface area contributed by atoms with Crippen molar-refractivity contribution >= 4 is 5.97 Å². The maximum absolute atomic E-state index is 12.0. The molecule has 1 heterocycles. The molecule has 2 rings (SSSR count). The molecule has 0 saturated heterocycles. The van der Waals surface area contributed by atoms with Crippen molar-refractivity contribution in [3.8, 4) is 0 Å². The standard InChI is InChI=1S/C22H30N2O3/c1-15(20(25)26-22(5,6)7)12-19-23-18(24-27-19)13-16-8-10-17(11-9-16)14-21(2,3)4/h8-11H,1,12-14H2,2-7H3. The molecule has 1 aromatic heterocycles. The smallest absolute Gasteiger partial charge is 0.334 e. The topological polar surface area (TPSA) is 65.2 Å². The number of rotatable bonds is 6. The quantitative estimate of drug-likeness (QED) is 0.545. The summed E-state index contributed by atoms with van der Waals surface area (Å²) in [4.78, 5) is 16.3. The summed E-state index contributed by atoms with van der Waals surface area (Å²) in [5.74, 6) is 0.507. The summed E-state index contributed by atoms with van der Waals surface area (Å²) in [6.45, 7) is 15.9. The summed E-state index contributed by atoms with van der Waals surface area (Å²) in [6.07, 6.45) is 1.80. The summed E-state index contributed by atoms with van der Waals surface area (Å²) < 4.78 is 10.5. The monoisotopic (exact) mass is 370 g/mol. The molecule has 5 nitrogen and oxygen atoms in total. The number of ether oxygens (including phenoxy) is 1. The normalized spacial score (nSPS) is 12.1. The van der Waals surface area contributed by atoms with Gasteiger partial charge in [0.25, 0.3) is 0 Å². The number of benzene rings is 1. The van der Waals surface area contributed by atoms with Crippen molar-refractivity contribution in [2.75, 3.05) is 0 Å². The fourth-order valence-corrected chi connectivity index (χ4v) is 2.61. The van der Waals surface area contributed by atoms with E-state index in [2.05, 4.69) is 61.8 Å². The third-order valence-corrected chi connectivity index (χ3v) is 3.68. The Hall–Kier alpha value is -2.43. The van der Waals surface area contributed by atoms with E-state index in [0.717, 1.165) is 12.0 Å². The summed E-state index contributed by atoms with van der Waals surface area (Å²) in [6, 6.07) is 8.48. The molecule has 0 bridgehead atoms. The van der Waals surface area contributed by atoms with Gasteiger partial charge in [0, 0.05) is 12.0 Å². The zero-order chi connectivity index (χ0) is 20.2. The lowest BCUT2D eigenvalue weighted by atomic mass is 9.88. The Balaban J connectivity index is 1.94. The van der Waals surface area contributed by atoms with Gasteiger partial charge in [-0.05, 0) is 43.7 Å². The Morgan fingerprint density at radius 2 is 1.67 bits per heavy atom. The maximum Gasteiger partial charge on any atom is 0.334 e. The van der Waals surface area contributed by atoms with Gasteiger partial charge < -0.3 is 9.26 Å². The van der Waals surface area contributed by atoms with Crippen LogP contribution in [0.25, 0.3) is 0 Å². The molecular weight excluding hydrogens is 340 g/mol. The van der Waals surface area contributed by atoms with E-state index >= 15 is 0 Å². The van der Waals surface area contributed by atoms with Crippen LogP contribution in [0.15, 0.2) is 40.9 Å². The molecule has 0 atom stereocenters. The molecule has 0 N–H and O–H groups in total. The van der Waals surface area contributed by atoms with Crippen LogP contribution in [0.5, 0.6) is 0 Å². The Bertz CT molecular complexity index is 790. The molecule has 1 aromatic carbocycles. The first-order valence-electron chi connectivity index (χ1n) is 9.22. The van der Waals surface area contributed by atoms with Gasteiger partial charge in [-0.3, -0.25) is 0 Å². The molecule has 0 fully saturated rings. The highest BCUT2D eigenvalue weighted by Gasteiger charge is 2.20. The molecule has 0 unspecified atom stereocenters. The van der Waals surface area contributed by atoms with Crippen molar-refractivity contribution in [2.45, 2.75) is 66.4 Å². The van der Waals surface area contributed by atoms with Crippen molar-refractivity contribution in [1.82, 2.24) is 10.1 Å². The minimum absolute atomic E-state index is 0.187. The first-order chi connectivity index (χ1) is 12.4. The molecule has 0 aliphatic rings. The molecule has 0 amide bonds. The SMILES string of the molecule is C=C(Cc1nc(Cc2ccc(CC(C)(C)C)cc2)no1)C(=O)OC(C)(C)C. The van der Waals surface area contributed by atoms with Crippen molar-refractivity contribution in [3.63, 3.8) is 0 Å². The average Bonchev–Trinajstić information content (AvgIpc) is 2.93. The lowest BCUT2D eigenvalue weighted by Crippen LogP contribution is -2.25. The molecule has 5 heteroatoms. The van der Waals surface area contributed by atoms with Crippen LogP contribution in [-0.4, -0.2) is 21.7 Å². The Morgan fingerprint density at radius 3 is 2.22 bits per heavy atom. The van der Waals surface area contributed by atoms with E-state index in [1.165, 1.54) is 5.56 Å². The molecule has 27 heavy (non-hydrogen) atoms. The van der Waals surface area contributed by atoms with E-state index in [9.17, 15) is 4.79 Å². The fourth-order valence-electron chi connectivity index (χ4n) is 2.61. The number of carbonyl (C=O) groups is 1. The van der Waals surface area contributed by atoms with Crippen LogP contribution < -0.4 is 0 Å². The molecular formula is C22H30N2O3. The molecule has 0 radical (unpaired) electrons. The van der Waals surface area contributed by atoms with Crippen LogP contribution in [0.1, 0.15) is 64.4 Å². The predicted octanol–water partition coefficient (Wildman–Crippen LogP) is 4.69. The number of nitrogens with zero attached hydrogens (tertiary/aromatic N) is 2. The second kappa shape index (κ2) is 8.07. The van der Waals surface area contributed by atoms with Gasteiger partial charge in [-0.15, -0.1) is 0 Å². The molecule has 0 aliphatic carbocycles. The van der Waals surface area contributed by atoms with E-state index in [-0.39, 0.29) is 11.8 Å². The zero-order valence-corrected chi connectivity index (χ0v) is 17.3. The second-order valence-electron chi connectivity index (χ2n) is 9.12. The third-order valence-electron chi connectivity index (χ3n) is 3.68. The van der Waals surface area contributed by atoms with Crippen molar-refractivity contribution in [1.29, 1.82) is 0 Å². The number of carbonyl (C=O) groups excluding carboxylic acids is 1. The first-order valence-corrected chi connectivity index (χ1v) is 9.22. The van der Waals surface area contributed by atoms with Gasteiger partial charge in [0.1, 0.15) is 5.60 Å². The van der Waals surface area contributed by atoms with Crippen molar-refractivity contribution < 1.29 is 14.1 Å². The second-order valence-corrected chi connectivity index (χ2v) is 9.12. The van der Waals surface area contributed by atoms with E-state index in [1.54, 1.807) is 0 Å². The maximum atomic E-state index is 12.0. The van der Waals surface area contributed by atoms with Crippen molar-refractivity contribution in [3.05, 3.63) is 59.3 Å². The van der Waals surface area contributed by atoms with E-state index < -0.39 is 11.6 Å². The van der Waals surface area contributed by atoms with Crippen LogP contribution in [-0.2, 0) is 28.8 Å². The Kier molecular flexibility index (Phi) is 6.24. The minimum Gasteiger partial charge on any atom is -0.457 e. The molecule has 2 aromatic rings. The highest BCUT2D eigenvalue weighted by atomic mass is 16.6. The number of aromatic nitrogens is 2. The lowest BCUT2D eigenvalue weighted by Gasteiger charge is -2.19. The van der Waals surface area contributed by atoms with Crippen LogP contribution in [0.3, 0.4) is 0 Å². The van der Waals surface area contributed by atoms with Crippen LogP contribution in [0.2, 0.25) is 0 Å². The first kappa shape index (κ1) is 20.9. The number of hydrogen-bond acceptors (Lipinski definition) is 5. The molecule has 0 saturated carbocycles. The minimum atomic E-state index is -0.556. The Morgan fingerprint density at radius 1 is 1.07 bits per heavy atom. The van der Waals surface area contributed by atoms with Crippen LogP contribution in [0.4, 0.5) is 0 Å². The number of hydrogen-bond donors (Lipinski definition) is 0. The zero-order valence-electron chi connectivity index (χ0n) is 17.3. The van der Waals surface area contributed by atoms with Crippen LogP contribution >= 0.6 is 0 Å². The van der Waals surface area contributed by atoms with Gasteiger partial charge in [-0.1, -0.05) is 56.8 Å². The molecule has 0 aliphatic heterocycles. The van der Waals surface area contributed by atoms with Gasteiger partial charge in [0.05, 0.1) is 6.42 Å². The average molecular weight is 370 g/mol. The van der Waals surface area contributed by atoms with Gasteiger partial charge >= 0.3 is 5.97 Å². The largest absolute Gasteiger partial charge is 0.457 e. The van der Waals surface area contributed by atoms with Gasteiger partial charge in [-0.25, -0.2) is 4.79 Å². The van der Waals surface area contributed by atoms with E-state index in [0.29, 0.717) is 23.7 Å². The lowest BCUT2D eigenvalue weighted by molar-refractivity contribution is -0.150. The molecule has 146 valence electrons. The fraction of sp³-hybridized carbons (Fsp3) is 0.500. The Labute approximate surface area is 161 Å². The number of esters is 1. The van der Waals surface area contributed by atoms with Crippen molar-refractivity contribution in [2.24, 2.45) is 5.41 Å². The van der Waals surface area contributed by atoms with Gasteiger partial charge in [0.15, 0.2) is 5.82 Å². The summed E-state index contributed by atoms with van der Waals surface area (Å²) in [5.41, 5.74) is 2.44. The van der Waals surface area contributed by atoms with E-state index in [1.807, 2.05) is 20.8 Å². The predicted molar refractivity (Wildman–Crippen MR) is 105 cm³/mol. The van der Waals surface area contributed by atoms with E-state index in [4.69, 9.17) is 9.26 Å². The highest BCUT2D eigenvalue weighted by Crippen LogP contribution is 2.21. The highest BCUT2D eigenvalue weighted by molar-refractivity contribution is 5.88. The summed E-state index contributed by atoms with van der Waals surface area (Å²) >= 11 is 0. The third kappa shape index (κ3) is 7.37. The molecule has 0 spiro atoms. The van der Waals surface area contributed by atoms with Gasteiger partial charge in [-0.2, -0.15) is 4.98 Å².